The molecule has 3 rings (SSSR count). The monoisotopic (exact) mass is 382 g/mol. The van der Waals surface area contributed by atoms with Crippen molar-refractivity contribution in [2.45, 2.75) is 45.7 Å². The van der Waals surface area contributed by atoms with Gasteiger partial charge < -0.3 is 19.7 Å². The molecule has 0 saturated heterocycles. The Morgan fingerprint density at radius 3 is 2.54 bits per heavy atom. The van der Waals surface area contributed by atoms with Crippen molar-refractivity contribution in [2.24, 2.45) is 7.05 Å². The molecule has 6 nitrogen and oxygen atoms in total. The third-order valence-electron chi connectivity index (χ3n) is 5.19. The molecule has 0 unspecified atom stereocenters. The Morgan fingerprint density at radius 1 is 1.18 bits per heavy atom. The molecule has 0 atom stereocenters. The normalized spacial score (nSPS) is 13.2. The lowest BCUT2D eigenvalue weighted by molar-refractivity contribution is -0.133. The van der Waals surface area contributed by atoms with Gasteiger partial charge in [0.15, 0.2) is 0 Å². The van der Waals surface area contributed by atoms with E-state index in [0.717, 1.165) is 36.2 Å². The third-order valence-corrected chi connectivity index (χ3v) is 5.19. The Morgan fingerprint density at radius 2 is 1.93 bits per heavy atom. The molecule has 1 aromatic heterocycles. The van der Waals surface area contributed by atoms with E-state index in [2.05, 4.69) is 5.32 Å². The van der Waals surface area contributed by atoms with Gasteiger partial charge in [0.1, 0.15) is 6.54 Å². The van der Waals surface area contributed by atoms with Crippen LogP contribution in [0.3, 0.4) is 0 Å². The Bertz CT molecular complexity index is 825. The summed E-state index contributed by atoms with van der Waals surface area (Å²) in [4.78, 5) is 29.4. The fourth-order valence-corrected chi connectivity index (χ4v) is 3.33. The van der Waals surface area contributed by atoms with Gasteiger partial charge in [-0.15, -0.1) is 0 Å². The first-order chi connectivity index (χ1) is 13.5. The molecule has 1 aliphatic rings. The number of nitrogens with one attached hydrogen (secondary N) is 1. The molecule has 2 aromatic rings. The van der Waals surface area contributed by atoms with Crippen molar-refractivity contribution in [3.63, 3.8) is 0 Å². The smallest absolute Gasteiger partial charge is 0.322 e. The van der Waals surface area contributed by atoms with Gasteiger partial charge in [0.2, 0.25) is 5.91 Å². The van der Waals surface area contributed by atoms with Gasteiger partial charge in [0.05, 0.1) is 6.54 Å². The van der Waals surface area contributed by atoms with E-state index in [1.165, 1.54) is 0 Å². The summed E-state index contributed by atoms with van der Waals surface area (Å²) in [6, 6.07) is 11.8. The predicted molar refractivity (Wildman–Crippen MR) is 111 cm³/mol. The van der Waals surface area contributed by atoms with Crippen LogP contribution in [0, 0.1) is 6.92 Å². The summed E-state index contributed by atoms with van der Waals surface area (Å²) >= 11 is 0. The second kappa shape index (κ2) is 8.95. The van der Waals surface area contributed by atoms with E-state index in [1.807, 2.05) is 73.0 Å². The maximum absolute atomic E-state index is 13.1. The van der Waals surface area contributed by atoms with E-state index in [0.29, 0.717) is 19.1 Å². The van der Waals surface area contributed by atoms with Crippen LogP contribution in [0.4, 0.5) is 10.5 Å². The van der Waals surface area contributed by atoms with E-state index in [-0.39, 0.29) is 18.5 Å². The van der Waals surface area contributed by atoms with Crippen LogP contribution in [0.25, 0.3) is 0 Å². The molecule has 1 N–H and O–H groups in total. The van der Waals surface area contributed by atoms with Crippen LogP contribution >= 0.6 is 0 Å². The standard InChI is InChI=1S/C22H30N4O2/c1-4-13-25(22(28)23-20-10-6-5-8-17(20)2)16-21(27)26(18-11-12-18)15-19-9-7-14-24(19)3/h5-10,14,18H,4,11-13,15-16H2,1-3H3,(H,23,28). The first-order valence-corrected chi connectivity index (χ1v) is 10.0. The summed E-state index contributed by atoms with van der Waals surface area (Å²) < 4.78 is 2.04. The van der Waals surface area contributed by atoms with Crippen LogP contribution in [-0.2, 0) is 18.4 Å². The lowest BCUT2D eigenvalue weighted by Crippen LogP contribution is -2.45. The van der Waals surface area contributed by atoms with E-state index in [1.54, 1.807) is 4.90 Å². The highest BCUT2D eigenvalue weighted by atomic mass is 16.2. The fraction of sp³-hybridized carbons (Fsp3) is 0.455. The zero-order valence-electron chi connectivity index (χ0n) is 17.0. The van der Waals surface area contributed by atoms with Crippen LogP contribution in [0.2, 0.25) is 0 Å². The first kappa shape index (κ1) is 20.0. The fourth-order valence-electron chi connectivity index (χ4n) is 3.33. The number of carbonyl (C=O) groups is 2. The van der Waals surface area contributed by atoms with Gasteiger partial charge in [-0.3, -0.25) is 4.79 Å². The maximum atomic E-state index is 13.1. The number of nitrogens with zero attached hydrogens (tertiary/aromatic N) is 3. The Kier molecular flexibility index (Phi) is 6.39. The van der Waals surface area contributed by atoms with Crippen molar-refractivity contribution >= 4 is 17.6 Å². The SMILES string of the molecule is CCCN(CC(=O)N(Cc1cccn1C)C1CC1)C(=O)Nc1ccccc1C. The van der Waals surface area contributed by atoms with Gasteiger partial charge in [-0.2, -0.15) is 0 Å². The quantitative estimate of drug-likeness (QED) is 0.756. The lowest BCUT2D eigenvalue weighted by atomic mass is 10.2. The lowest BCUT2D eigenvalue weighted by Gasteiger charge is -2.28. The van der Waals surface area contributed by atoms with Crippen molar-refractivity contribution in [3.8, 4) is 0 Å². The molecule has 0 bridgehead atoms. The molecule has 150 valence electrons. The number of anilines is 1. The van der Waals surface area contributed by atoms with Crippen LogP contribution in [-0.4, -0.2) is 45.4 Å². The van der Waals surface area contributed by atoms with Crippen molar-refractivity contribution in [3.05, 3.63) is 53.9 Å². The number of amides is 3. The minimum absolute atomic E-state index is 0.0112. The topological polar surface area (TPSA) is 57.6 Å². The Labute approximate surface area is 167 Å². The summed E-state index contributed by atoms with van der Waals surface area (Å²) in [7, 11) is 1.99. The van der Waals surface area contributed by atoms with E-state index in [4.69, 9.17) is 0 Å². The molecule has 1 fully saturated rings. The second-order valence-electron chi connectivity index (χ2n) is 7.53. The average molecular weight is 383 g/mol. The van der Waals surface area contributed by atoms with Gasteiger partial charge in [-0.25, -0.2) is 4.79 Å². The molecular formula is C22H30N4O2. The van der Waals surface area contributed by atoms with Crippen molar-refractivity contribution in [1.29, 1.82) is 0 Å². The molecular weight excluding hydrogens is 352 g/mol. The Balaban J connectivity index is 1.67. The van der Waals surface area contributed by atoms with Crippen LogP contribution in [0.15, 0.2) is 42.6 Å². The van der Waals surface area contributed by atoms with Crippen molar-refractivity contribution in [1.82, 2.24) is 14.4 Å². The summed E-state index contributed by atoms with van der Waals surface area (Å²) in [5, 5.41) is 2.95. The Hall–Kier alpha value is -2.76. The molecule has 0 radical (unpaired) electrons. The molecule has 1 saturated carbocycles. The maximum Gasteiger partial charge on any atom is 0.322 e. The molecule has 6 heteroatoms. The van der Waals surface area contributed by atoms with Crippen LogP contribution < -0.4 is 5.32 Å². The van der Waals surface area contributed by atoms with E-state index in [9.17, 15) is 9.59 Å². The number of para-hydroxylation sites is 1. The summed E-state index contributed by atoms with van der Waals surface area (Å²) in [6.07, 6.45) is 4.87. The van der Waals surface area contributed by atoms with Crippen molar-refractivity contribution < 1.29 is 9.59 Å². The number of rotatable bonds is 8. The highest BCUT2D eigenvalue weighted by Crippen LogP contribution is 2.28. The molecule has 28 heavy (non-hydrogen) atoms. The molecule has 1 aliphatic carbocycles. The highest BCUT2D eigenvalue weighted by molar-refractivity contribution is 5.93. The van der Waals surface area contributed by atoms with E-state index >= 15 is 0 Å². The minimum Gasteiger partial charge on any atom is -0.353 e. The number of aromatic nitrogens is 1. The summed E-state index contributed by atoms with van der Waals surface area (Å²) in [5.41, 5.74) is 2.89. The van der Waals surface area contributed by atoms with E-state index < -0.39 is 0 Å². The van der Waals surface area contributed by atoms with Gasteiger partial charge in [0.25, 0.3) is 0 Å². The average Bonchev–Trinajstić information content (AvgIpc) is 3.43. The minimum atomic E-state index is -0.223. The number of hydrogen-bond donors (Lipinski definition) is 1. The summed E-state index contributed by atoms with van der Waals surface area (Å²) in [6.45, 7) is 5.21. The van der Waals surface area contributed by atoms with Crippen LogP contribution in [0.1, 0.15) is 37.4 Å². The third kappa shape index (κ3) is 4.94. The first-order valence-electron chi connectivity index (χ1n) is 10.0. The molecule has 1 heterocycles. The number of aryl methyl sites for hydroxylation is 2. The van der Waals surface area contributed by atoms with Crippen molar-refractivity contribution in [2.75, 3.05) is 18.4 Å². The molecule has 0 spiro atoms. The molecule has 1 aromatic carbocycles. The van der Waals surface area contributed by atoms with Gasteiger partial charge in [-0.1, -0.05) is 25.1 Å². The second-order valence-corrected chi connectivity index (χ2v) is 7.53. The summed E-state index contributed by atoms with van der Waals surface area (Å²) in [5.74, 6) is 0.0112. The molecule has 3 amide bonds. The van der Waals surface area contributed by atoms with Crippen LogP contribution in [0.5, 0.6) is 0 Å². The number of urea groups is 1. The highest BCUT2D eigenvalue weighted by Gasteiger charge is 2.34. The number of hydrogen-bond acceptors (Lipinski definition) is 2. The van der Waals surface area contributed by atoms with Gasteiger partial charge in [0, 0.05) is 37.2 Å². The number of benzene rings is 1. The number of carbonyl (C=O) groups excluding carboxylic acids is 2. The van der Waals surface area contributed by atoms with Gasteiger partial charge in [-0.05, 0) is 49.9 Å². The zero-order valence-corrected chi connectivity index (χ0v) is 17.0. The molecule has 0 aliphatic heterocycles. The predicted octanol–water partition coefficient (Wildman–Crippen LogP) is 3.77. The largest absolute Gasteiger partial charge is 0.353 e. The van der Waals surface area contributed by atoms with Gasteiger partial charge >= 0.3 is 6.03 Å². The zero-order chi connectivity index (χ0) is 20.1.